The third-order valence-electron chi connectivity index (χ3n) is 6.35. The number of ether oxygens (including phenoxy) is 3. The van der Waals surface area contributed by atoms with Crippen LogP contribution in [0.1, 0.15) is 35.3 Å². The molecule has 38 heavy (non-hydrogen) atoms. The summed E-state index contributed by atoms with van der Waals surface area (Å²) in [5.74, 6) is 0.628. The molecule has 4 rings (SSSR count). The van der Waals surface area contributed by atoms with Crippen LogP contribution in [-0.2, 0) is 14.3 Å². The highest BCUT2D eigenvalue weighted by Gasteiger charge is 2.40. The lowest BCUT2D eigenvalue weighted by molar-refractivity contribution is -0.131. The standard InChI is InChI=1S/C28H31N3O6S/c1-16-8-13-22(38-16)25(36-15-32)23-19(11-12-20-24(23)31(6)26(33)28(2,3)29-20)18-10-9-17(14-21(18)35-7)37-27(34)30(4)5/h8-15,25,29H,1-7H3. The van der Waals surface area contributed by atoms with Crippen molar-refractivity contribution in [3.8, 4) is 22.6 Å². The van der Waals surface area contributed by atoms with Gasteiger partial charge in [0, 0.05) is 43.2 Å². The van der Waals surface area contributed by atoms with E-state index in [4.69, 9.17) is 14.2 Å². The number of hydrogen-bond donors (Lipinski definition) is 1. The van der Waals surface area contributed by atoms with E-state index in [1.165, 1.54) is 23.3 Å². The van der Waals surface area contributed by atoms with Gasteiger partial charge in [0.25, 0.3) is 12.4 Å². The summed E-state index contributed by atoms with van der Waals surface area (Å²) in [5.41, 5.74) is 2.52. The zero-order chi connectivity index (χ0) is 27.8. The Morgan fingerprint density at radius 2 is 1.84 bits per heavy atom. The van der Waals surface area contributed by atoms with Crippen LogP contribution in [0.4, 0.5) is 16.2 Å². The smallest absolute Gasteiger partial charge is 0.414 e. The van der Waals surface area contributed by atoms with Gasteiger partial charge < -0.3 is 29.3 Å². The number of methoxy groups -OCH3 is 1. The van der Waals surface area contributed by atoms with Crippen LogP contribution in [0.5, 0.6) is 11.5 Å². The van der Waals surface area contributed by atoms with E-state index in [2.05, 4.69) is 5.32 Å². The number of carbonyl (C=O) groups is 3. The average Bonchev–Trinajstić information content (AvgIpc) is 3.31. The number of fused-ring (bicyclic) bond motifs is 1. The highest BCUT2D eigenvalue weighted by molar-refractivity contribution is 7.12. The molecule has 1 N–H and O–H groups in total. The monoisotopic (exact) mass is 537 g/mol. The number of carbonyl (C=O) groups excluding carboxylic acids is 3. The first-order valence-corrected chi connectivity index (χ1v) is 12.8. The van der Waals surface area contributed by atoms with Crippen molar-refractivity contribution < 1.29 is 28.6 Å². The van der Waals surface area contributed by atoms with Gasteiger partial charge in [0.05, 0.1) is 23.4 Å². The summed E-state index contributed by atoms with van der Waals surface area (Å²) in [6.45, 7) is 6.04. The molecule has 0 aliphatic carbocycles. The molecule has 1 aromatic heterocycles. The second-order valence-electron chi connectivity index (χ2n) is 9.72. The van der Waals surface area contributed by atoms with Crippen LogP contribution < -0.4 is 19.7 Å². The van der Waals surface area contributed by atoms with Crippen LogP contribution in [0, 0.1) is 6.92 Å². The molecule has 2 amide bonds. The fourth-order valence-corrected chi connectivity index (χ4v) is 5.48. The number of nitrogens with one attached hydrogen (secondary N) is 1. The maximum atomic E-state index is 13.3. The summed E-state index contributed by atoms with van der Waals surface area (Å²) in [6, 6.07) is 12.8. The lowest BCUT2D eigenvalue weighted by Gasteiger charge is -2.40. The fraction of sp³-hybridized carbons (Fsp3) is 0.321. The average molecular weight is 538 g/mol. The van der Waals surface area contributed by atoms with Gasteiger partial charge in [-0.2, -0.15) is 0 Å². The maximum Gasteiger partial charge on any atom is 0.414 e. The number of anilines is 2. The van der Waals surface area contributed by atoms with Crippen molar-refractivity contribution in [3.05, 3.63) is 57.8 Å². The van der Waals surface area contributed by atoms with E-state index in [-0.39, 0.29) is 5.91 Å². The molecule has 0 saturated heterocycles. The second-order valence-corrected chi connectivity index (χ2v) is 11.0. The van der Waals surface area contributed by atoms with E-state index in [9.17, 15) is 14.4 Å². The number of hydrogen-bond acceptors (Lipinski definition) is 8. The zero-order valence-corrected chi connectivity index (χ0v) is 23.3. The number of aryl methyl sites for hydroxylation is 1. The van der Waals surface area contributed by atoms with Crippen molar-refractivity contribution in [3.63, 3.8) is 0 Å². The van der Waals surface area contributed by atoms with E-state index in [0.29, 0.717) is 40.3 Å². The molecule has 0 fully saturated rings. The van der Waals surface area contributed by atoms with Gasteiger partial charge in [0.15, 0.2) is 6.10 Å². The second kappa shape index (κ2) is 10.4. The maximum absolute atomic E-state index is 13.3. The van der Waals surface area contributed by atoms with E-state index >= 15 is 0 Å². The van der Waals surface area contributed by atoms with Crippen molar-refractivity contribution in [1.82, 2.24) is 4.90 Å². The molecular weight excluding hydrogens is 506 g/mol. The Morgan fingerprint density at radius 1 is 1.13 bits per heavy atom. The lowest BCUT2D eigenvalue weighted by atomic mass is 9.88. The predicted molar refractivity (Wildman–Crippen MR) is 147 cm³/mol. The zero-order valence-electron chi connectivity index (χ0n) is 22.4. The van der Waals surface area contributed by atoms with Crippen molar-refractivity contribution >= 4 is 41.2 Å². The summed E-state index contributed by atoms with van der Waals surface area (Å²) in [6.07, 6.45) is -1.30. The Labute approximate surface area is 225 Å². The molecule has 0 bridgehead atoms. The van der Waals surface area contributed by atoms with Gasteiger partial charge in [0.2, 0.25) is 0 Å². The molecule has 0 spiro atoms. The summed E-state index contributed by atoms with van der Waals surface area (Å²) >= 11 is 1.51. The van der Waals surface area contributed by atoms with Crippen molar-refractivity contribution in [2.45, 2.75) is 32.4 Å². The summed E-state index contributed by atoms with van der Waals surface area (Å²) in [4.78, 5) is 42.0. The minimum Gasteiger partial charge on any atom is -0.496 e. The molecule has 0 radical (unpaired) electrons. The SMILES string of the molecule is COc1cc(OC(=O)N(C)C)ccc1-c1ccc2c(c1C(OC=O)c1ccc(C)s1)N(C)C(=O)C(C)(C)N2. The van der Waals surface area contributed by atoms with Crippen LogP contribution in [-0.4, -0.2) is 57.2 Å². The van der Waals surface area contributed by atoms with Crippen LogP contribution in [0.3, 0.4) is 0 Å². The quantitative estimate of drug-likeness (QED) is 0.413. The van der Waals surface area contributed by atoms with E-state index in [1.54, 1.807) is 44.2 Å². The van der Waals surface area contributed by atoms with Gasteiger partial charge in [-0.25, -0.2) is 4.79 Å². The van der Waals surface area contributed by atoms with E-state index < -0.39 is 17.7 Å². The van der Waals surface area contributed by atoms with E-state index in [0.717, 1.165) is 15.4 Å². The topological polar surface area (TPSA) is 97.4 Å². The molecule has 10 heteroatoms. The Balaban J connectivity index is 1.98. The minimum atomic E-state index is -0.823. The number of benzene rings is 2. The van der Waals surface area contributed by atoms with Gasteiger partial charge in [0.1, 0.15) is 17.0 Å². The number of rotatable bonds is 7. The molecule has 1 atom stereocenters. The number of likely N-dealkylation sites (N-methyl/N-ethyl adjacent to an activating group) is 1. The molecule has 3 aromatic rings. The molecular formula is C28H31N3O6S. The van der Waals surface area contributed by atoms with Gasteiger partial charge in [-0.3, -0.25) is 9.59 Å². The highest BCUT2D eigenvalue weighted by Crippen LogP contribution is 2.49. The molecule has 2 heterocycles. The first-order chi connectivity index (χ1) is 18.0. The third kappa shape index (κ3) is 4.91. The normalized spacial score (nSPS) is 14.7. The van der Waals surface area contributed by atoms with Gasteiger partial charge in [-0.05, 0) is 56.7 Å². The number of nitrogens with zero attached hydrogens (tertiary/aromatic N) is 2. The first kappa shape index (κ1) is 27.0. The Kier molecular flexibility index (Phi) is 7.37. The molecule has 1 unspecified atom stereocenters. The Bertz CT molecular complexity index is 1400. The van der Waals surface area contributed by atoms with Crippen molar-refractivity contribution in [1.29, 1.82) is 0 Å². The molecule has 0 saturated carbocycles. The first-order valence-electron chi connectivity index (χ1n) is 11.9. The van der Waals surface area contributed by atoms with Crippen LogP contribution in [0.15, 0.2) is 42.5 Å². The summed E-state index contributed by atoms with van der Waals surface area (Å²) in [5, 5.41) is 3.33. The highest BCUT2D eigenvalue weighted by atomic mass is 32.1. The molecule has 1 aliphatic rings. The third-order valence-corrected chi connectivity index (χ3v) is 7.39. The number of amides is 2. The van der Waals surface area contributed by atoms with Crippen LogP contribution >= 0.6 is 11.3 Å². The Hall–Kier alpha value is -4.05. The Morgan fingerprint density at radius 3 is 2.45 bits per heavy atom. The summed E-state index contributed by atoms with van der Waals surface area (Å²) < 4.78 is 16.8. The summed E-state index contributed by atoms with van der Waals surface area (Å²) in [7, 11) is 6.44. The van der Waals surface area contributed by atoms with Gasteiger partial charge >= 0.3 is 6.09 Å². The van der Waals surface area contributed by atoms with Crippen LogP contribution in [0.25, 0.3) is 11.1 Å². The van der Waals surface area contributed by atoms with E-state index in [1.807, 2.05) is 45.0 Å². The molecule has 1 aliphatic heterocycles. The molecule has 9 nitrogen and oxygen atoms in total. The lowest BCUT2D eigenvalue weighted by Crippen LogP contribution is -2.52. The molecule has 200 valence electrons. The fourth-order valence-electron chi connectivity index (χ4n) is 4.56. The predicted octanol–water partition coefficient (Wildman–Crippen LogP) is 5.22. The number of thiophene rings is 1. The van der Waals surface area contributed by atoms with Crippen molar-refractivity contribution in [2.75, 3.05) is 38.5 Å². The minimum absolute atomic E-state index is 0.131. The molecule has 2 aromatic carbocycles. The largest absolute Gasteiger partial charge is 0.496 e. The van der Waals surface area contributed by atoms with Crippen molar-refractivity contribution in [2.24, 2.45) is 0 Å². The van der Waals surface area contributed by atoms with Gasteiger partial charge in [-0.15, -0.1) is 11.3 Å². The van der Waals surface area contributed by atoms with Crippen LogP contribution in [0.2, 0.25) is 0 Å². The van der Waals surface area contributed by atoms with Gasteiger partial charge in [-0.1, -0.05) is 6.07 Å².